The van der Waals surface area contributed by atoms with Crippen molar-refractivity contribution in [3.63, 3.8) is 0 Å². The summed E-state index contributed by atoms with van der Waals surface area (Å²) in [4.78, 5) is 6.88. The summed E-state index contributed by atoms with van der Waals surface area (Å²) < 4.78 is 0. The van der Waals surface area contributed by atoms with E-state index in [0.29, 0.717) is 12.1 Å². The summed E-state index contributed by atoms with van der Waals surface area (Å²) in [6.45, 7) is 2.48. The second-order valence-electron chi connectivity index (χ2n) is 4.73. The lowest BCUT2D eigenvalue weighted by Crippen LogP contribution is -2.34. The van der Waals surface area contributed by atoms with Crippen molar-refractivity contribution in [3.8, 4) is 0 Å². The van der Waals surface area contributed by atoms with Gasteiger partial charge in [-0.05, 0) is 37.9 Å². The Morgan fingerprint density at radius 3 is 3.19 bits per heavy atom. The minimum Gasteiger partial charge on any atom is -0.396 e. The van der Waals surface area contributed by atoms with Crippen molar-refractivity contribution in [1.82, 2.24) is 9.88 Å². The molecule has 0 radical (unpaired) electrons. The minimum absolute atomic E-state index is 0.528. The van der Waals surface area contributed by atoms with Gasteiger partial charge in [0.05, 0.1) is 5.69 Å². The molecule has 0 aliphatic carbocycles. The topological polar surface area (TPSA) is 54.2 Å². The molecule has 0 amide bonds. The fourth-order valence-electron chi connectivity index (χ4n) is 2.96. The van der Waals surface area contributed by atoms with E-state index >= 15 is 0 Å². The molecule has 3 rings (SSSR count). The largest absolute Gasteiger partial charge is 0.396 e. The summed E-state index contributed by atoms with van der Waals surface area (Å²) in [6, 6.07) is 4.99. The number of fused-ring (bicyclic) bond motifs is 1. The van der Waals surface area contributed by atoms with Gasteiger partial charge in [-0.25, -0.2) is 4.98 Å². The molecule has 1 aromatic rings. The first kappa shape index (κ1) is 9.90. The molecule has 3 N–H and O–H groups in total. The molecule has 2 aliphatic rings. The molecule has 4 nitrogen and oxygen atoms in total. The van der Waals surface area contributed by atoms with E-state index < -0.39 is 0 Å². The Kier molecular flexibility index (Phi) is 2.44. The third kappa shape index (κ3) is 1.63. The van der Waals surface area contributed by atoms with Gasteiger partial charge in [-0.2, -0.15) is 0 Å². The van der Waals surface area contributed by atoms with Crippen LogP contribution in [-0.4, -0.2) is 35.1 Å². The molecule has 2 unspecified atom stereocenters. The number of nitrogen functional groups attached to an aromatic ring is 1. The Hall–Kier alpha value is -1.29. The minimum atomic E-state index is 0.528. The number of hydrogen-bond donors (Lipinski definition) is 2. The molecule has 2 saturated heterocycles. The first-order valence-electron chi connectivity index (χ1n) is 6.05. The highest BCUT2D eigenvalue weighted by Crippen LogP contribution is 2.30. The van der Waals surface area contributed by atoms with Crippen molar-refractivity contribution in [2.45, 2.75) is 31.3 Å². The molecule has 16 heavy (non-hydrogen) atoms. The fourth-order valence-corrected chi connectivity index (χ4v) is 2.96. The number of nitrogens with one attached hydrogen (secondary N) is 1. The Morgan fingerprint density at radius 1 is 1.38 bits per heavy atom. The maximum Gasteiger partial charge on any atom is 0.149 e. The molecule has 0 aromatic carbocycles. The van der Waals surface area contributed by atoms with Crippen LogP contribution in [0, 0.1) is 0 Å². The summed E-state index contributed by atoms with van der Waals surface area (Å²) in [5.41, 5.74) is 6.65. The van der Waals surface area contributed by atoms with Gasteiger partial charge in [0, 0.05) is 24.8 Å². The summed E-state index contributed by atoms with van der Waals surface area (Å²) in [6.07, 6.45) is 5.64. The zero-order chi connectivity index (χ0) is 11.0. The Balaban J connectivity index is 1.73. The molecule has 0 saturated carbocycles. The molecule has 86 valence electrons. The van der Waals surface area contributed by atoms with Crippen molar-refractivity contribution in [1.29, 1.82) is 0 Å². The van der Waals surface area contributed by atoms with Gasteiger partial charge in [0.2, 0.25) is 0 Å². The Morgan fingerprint density at radius 2 is 2.31 bits per heavy atom. The van der Waals surface area contributed by atoms with E-state index in [-0.39, 0.29) is 0 Å². The SMILES string of the molecule is Nc1cccnc1NC1CCN2CCCC12. The number of nitrogens with zero attached hydrogens (tertiary/aromatic N) is 2. The van der Waals surface area contributed by atoms with Crippen LogP contribution in [0.2, 0.25) is 0 Å². The zero-order valence-electron chi connectivity index (χ0n) is 9.39. The maximum absolute atomic E-state index is 5.90. The number of hydrogen-bond acceptors (Lipinski definition) is 4. The van der Waals surface area contributed by atoms with E-state index in [4.69, 9.17) is 5.73 Å². The van der Waals surface area contributed by atoms with Crippen LogP contribution < -0.4 is 11.1 Å². The lowest BCUT2D eigenvalue weighted by molar-refractivity contribution is 0.318. The molecule has 0 spiro atoms. The van der Waals surface area contributed by atoms with E-state index in [0.717, 1.165) is 11.5 Å². The molecule has 2 atom stereocenters. The number of anilines is 2. The number of aromatic nitrogens is 1. The number of rotatable bonds is 2. The van der Waals surface area contributed by atoms with Gasteiger partial charge in [-0.3, -0.25) is 4.90 Å². The van der Waals surface area contributed by atoms with Crippen LogP contribution in [0.1, 0.15) is 19.3 Å². The predicted molar refractivity (Wildman–Crippen MR) is 65.3 cm³/mol. The second-order valence-corrected chi connectivity index (χ2v) is 4.73. The van der Waals surface area contributed by atoms with Crippen molar-refractivity contribution in [2.75, 3.05) is 24.1 Å². The summed E-state index contributed by atoms with van der Waals surface area (Å²) in [5.74, 6) is 0.848. The van der Waals surface area contributed by atoms with Crippen molar-refractivity contribution >= 4 is 11.5 Å². The lowest BCUT2D eigenvalue weighted by Gasteiger charge is -2.22. The average molecular weight is 218 g/mol. The van der Waals surface area contributed by atoms with Gasteiger partial charge in [0.1, 0.15) is 5.82 Å². The predicted octanol–water partition coefficient (Wildman–Crippen LogP) is 1.31. The highest BCUT2D eigenvalue weighted by molar-refractivity contribution is 5.61. The molecule has 0 bridgehead atoms. The van der Waals surface area contributed by atoms with E-state index in [1.54, 1.807) is 6.20 Å². The first-order chi connectivity index (χ1) is 7.84. The quantitative estimate of drug-likeness (QED) is 0.786. The lowest BCUT2D eigenvalue weighted by atomic mass is 10.1. The van der Waals surface area contributed by atoms with Gasteiger partial charge in [0.25, 0.3) is 0 Å². The summed E-state index contributed by atoms with van der Waals surface area (Å²) in [7, 11) is 0. The molecular formula is C12H18N4. The smallest absolute Gasteiger partial charge is 0.149 e. The van der Waals surface area contributed by atoms with E-state index in [2.05, 4.69) is 15.2 Å². The van der Waals surface area contributed by atoms with Gasteiger partial charge >= 0.3 is 0 Å². The van der Waals surface area contributed by atoms with Gasteiger partial charge in [0.15, 0.2) is 0 Å². The van der Waals surface area contributed by atoms with E-state index in [9.17, 15) is 0 Å². The van der Waals surface area contributed by atoms with Crippen LogP contribution in [0.25, 0.3) is 0 Å². The van der Waals surface area contributed by atoms with Crippen LogP contribution in [0.5, 0.6) is 0 Å². The van der Waals surface area contributed by atoms with Crippen LogP contribution in [0.4, 0.5) is 11.5 Å². The van der Waals surface area contributed by atoms with Crippen LogP contribution in [0.15, 0.2) is 18.3 Å². The third-order valence-electron chi connectivity index (χ3n) is 3.77. The van der Waals surface area contributed by atoms with Gasteiger partial charge < -0.3 is 11.1 Å². The number of pyridine rings is 1. The molecule has 2 fully saturated rings. The third-order valence-corrected chi connectivity index (χ3v) is 3.77. The number of nitrogens with two attached hydrogens (primary N) is 1. The van der Waals surface area contributed by atoms with Crippen LogP contribution >= 0.6 is 0 Å². The highest BCUT2D eigenvalue weighted by Gasteiger charge is 2.37. The highest BCUT2D eigenvalue weighted by atomic mass is 15.2. The van der Waals surface area contributed by atoms with Crippen LogP contribution in [0.3, 0.4) is 0 Å². The fraction of sp³-hybridized carbons (Fsp3) is 0.583. The maximum atomic E-state index is 5.90. The average Bonchev–Trinajstić information content (AvgIpc) is 2.86. The van der Waals surface area contributed by atoms with Crippen molar-refractivity contribution < 1.29 is 0 Å². The monoisotopic (exact) mass is 218 g/mol. The van der Waals surface area contributed by atoms with E-state index in [1.807, 2.05) is 12.1 Å². The summed E-state index contributed by atoms with van der Waals surface area (Å²) >= 11 is 0. The molecule has 2 aliphatic heterocycles. The normalized spacial score (nSPS) is 29.2. The second kappa shape index (κ2) is 3.94. The molecule has 3 heterocycles. The summed E-state index contributed by atoms with van der Waals surface area (Å²) in [5, 5.41) is 3.50. The van der Waals surface area contributed by atoms with Crippen molar-refractivity contribution in [3.05, 3.63) is 18.3 Å². The van der Waals surface area contributed by atoms with Gasteiger partial charge in [-0.1, -0.05) is 0 Å². The van der Waals surface area contributed by atoms with Gasteiger partial charge in [-0.15, -0.1) is 0 Å². The Bertz CT molecular complexity index is 379. The van der Waals surface area contributed by atoms with Crippen LogP contribution in [-0.2, 0) is 0 Å². The van der Waals surface area contributed by atoms with Crippen molar-refractivity contribution in [2.24, 2.45) is 0 Å². The molecular weight excluding hydrogens is 200 g/mol. The standard InChI is InChI=1S/C12H18N4/c13-9-3-1-6-14-12(9)15-10-5-8-16-7-2-4-11(10)16/h1,3,6,10-11H,2,4-5,7-8,13H2,(H,14,15). The molecule has 1 aromatic heterocycles. The zero-order valence-corrected chi connectivity index (χ0v) is 9.39. The molecule has 4 heteroatoms. The first-order valence-corrected chi connectivity index (χ1v) is 6.05. The Labute approximate surface area is 95.8 Å². The van der Waals surface area contributed by atoms with E-state index in [1.165, 1.54) is 32.4 Å².